The Morgan fingerprint density at radius 3 is 2.52 bits per heavy atom. The van der Waals surface area contributed by atoms with Crippen LogP contribution in [0.3, 0.4) is 0 Å². The van der Waals surface area contributed by atoms with Gasteiger partial charge in [-0.15, -0.1) is 0 Å². The zero-order valence-electron chi connectivity index (χ0n) is 14.2. The minimum atomic E-state index is 0.981. The molecule has 0 aliphatic carbocycles. The number of hydrogen-bond acceptors (Lipinski definition) is 2. The summed E-state index contributed by atoms with van der Waals surface area (Å²) >= 11 is 0. The number of fused-ring (bicyclic) bond motifs is 6. The maximum absolute atomic E-state index is 4.68. The van der Waals surface area contributed by atoms with Gasteiger partial charge in [-0.05, 0) is 60.4 Å². The first-order valence-corrected chi connectivity index (χ1v) is 8.44. The number of aromatic nitrogens is 3. The SMILES string of the molecule is Cc1ccccc1-c1cc2c(cc1C)c1nccn1c1cccnc21. The molecule has 0 N–H and O–H groups in total. The molecule has 0 unspecified atom stereocenters. The van der Waals surface area contributed by atoms with Crippen molar-refractivity contribution in [1.82, 2.24) is 14.4 Å². The molecular weight excluding hydrogens is 306 g/mol. The molecule has 0 spiro atoms. The lowest BCUT2D eigenvalue weighted by atomic mass is 9.93. The molecule has 5 rings (SSSR count). The average molecular weight is 323 g/mol. The van der Waals surface area contributed by atoms with Crippen molar-refractivity contribution < 1.29 is 0 Å². The van der Waals surface area contributed by atoms with Crippen molar-refractivity contribution >= 4 is 27.5 Å². The first kappa shape index (κ1) is 14.2. The van der Waals surface area contributed by atoms with E-state index in [1.54, 1.807) is 0 Å². The van der Waals surface area contributed by atoms with Gasteiger partial charge in [-0.25, -0.2) is 4.98 Å². The lowest BCUT2D eigenvalue weighted by Gasteiger charge is -2.13. The molecule has 0 radical (unpaired) electrons. The number of pyridine rings is 2. The fraction of sp³-hybridized carbons (Fsp3) is 0.0909. The van der Waals surface area contributed by atoms with Crippen LogP contribution in [0.15, 0.2) is 67.1 Å². The van der Waals surface area contributed by atoms with Crippen molar-refractivity contribution in [3.8, 4) is 11.1 Å². The minimum Gasteiger partial charge on any atom is -0.298 e. The molecule has 0 fully saturated rings. The molecule has 0 bridgehead atoms. The second-order valence-corrected chi connectivity index (χ2v) is 6.52. The normalized spacial score (nSPS) is 11.6. The van der Waals surface area contributed by atoms with E-state index in [0.717, 1.165) is 27.5 Å². The molecule has 25 heavy (non-hydrogen) atoms. The van der Waals surface area contributed by atoms with Crippen LogP contribution >= 0.6 is 0 Å². The van der Waals surface area contributed by atoms with Crippen LogP contribution in [0, 0.1) is 13.8 Å². The van der Waals surface area contributed by atoms with Crippen molar-refractivity contribution in [2.24, 2.45) is 0 Å². The van der Waals surface area contributed by atoms with E-state index in [9.17, 15) is 0 Å². The molecule has 0 aliphatic rings. The smallest absolute Gasteiger partial charge is 0.145 e. The standard InChI is InChI=1S/C22H17N3/c1-14-6-3-4-7-16(14)17-13-18-19(12-15(17)2)22-24-10-11-25(22)20-8-5-9-23-21(18)20/h3-13H,1-2H3. The van der Waals surface area contributed by atoms with Gasteiger partial charge in [0.1, 0.15) is 5.65 Å². The number of nitrogens with zero attached hydrogens (tertiary/aromatic N) is 3. The zero-order chi connectivity index (χ0) is 17.0. The van der Waals surface area contributed by atoms with Crippen LogP contribution in [0.5, 0.6) is 0 Å². The highest BCUT2D eigenvalue weighted by atomic mass is 15.0. The van der Waals surface area contributed by atoms with Crippen molar-refractivity contribution in [2.75, 3.05) is 0 Å². The van der Waals surface area contributed by atoms with Gasteiger partial charge in [0.25, 0.3) is 0 Å². The summed E-state index contributed by atoms with van der Waals surface area (Å²) in [5.41, 5.74) is 8.14. The van der Waals surface area contributed by atoms with E-state index in [1.807, 2.05) is 24.7 Å². The number of imidazole rings is 1. The summed E-state index contributed by atoms with van der Waals surface area (Å²) < 4.78 is 2.12. The molecule has 0 amide bonds. The van der Waals surface area contributed by atoms with Crippen LogP contribution in [0.4, 0.5) is 0 Å². The third-order valence-corrected chi connectivity index (χ3v) is 4.98. The van der Waals surface area contributed by atoms with Gasteiger partial charge in [0, 0.05) is 29.4 Å². The number of rotatable bonds is 1. The maximum atomic E-state index is 4.68. The molecular formula is C22H17N3. The molecule has 0 atom stereocenters. The Balaban J connectivity index is 1.99. The van der Waals surface area contributed by atoms with Crippen LogP contribution in [0.1, 0.15) is 11.1 Å². The fourth-order valence-corrected chi connectivity index (χ4v) is 3.75. The van der Waals surface area contributed by atoms with Gasteiger partial charge >= 0.3 is 0 Å². The van der Waals surface area contributed by atoms with Gasteiger partial charge < -0.3 is 0 Å². The predicted molar refractivity (Wildman–Crippen MR) is 103 cm³/mol. The maximum Gasteiger partial charge on any atom is 0.145 e. The highest BCUT2D eigenvalue weighted by Gasteiger charge is 2.13. The minimum absolute atomic E-state index is 0.981. The largest absolute Gasteiger partial charge is 0.298 e. The zero-order valence-corrected chi connectivity index (χ0v) is 14.2. The van der Waals surface area contributed by atoms with Crippen molar-refractivity contribution in [3.63, 3.8) is 0 Å². The van der Waals surface area contributed by atoms with Crippen LogP contribution in [0.2, 0.25) is 0 Å². The summed E-state index contributed by atoms with van der Waals surface area (Å²) in [5, 5.41) is 2.30. The number of benzene rings is 2. The summed E-state index contributed by atoms with van der Waals surface area (Å²) in [6.07, 6.45) is 5.72. The lowest BCUT2D eigenvalue weighted by molar-refractivity contribution is 1.25. The van der Waals surface area contributed by atoms with E-state index in [4.69, 9.17) is 0 Å². The van der Waals surface area contributed by atoms with Crippen molar-refractivity contribution in [1.29, 1.82) is 0 Å². The Labute approximate surface area is 145 Å². The van der Waals surface area contributed by atoms with Crippen molar-refractivity contribution in [2.45, 2.75) is 13.8 Å². The quantitative estimate of drug-likeness (QED) is 0.391. The third-order valence-electron chi connectivity index (χ3n) is 4.98. The topological polar surface area (TPSA) is 30.2 Å². The molecule has 0 saturated heterocycles. The molecule has 3 heteroatoms. The Hall–Kier alpha value is -3.20. The first-order valence-electron chi connectivity index (χ1n) is 8.44. The predicted octanol–water partition coefficient (Wildman–Crippen LogP) is 5.32. The van der Waals surface area contributed by atoms with E-state index in [2.05, 4.69) is 70.7 Å². The highest BCUT2D eigenvalue weighted by Crippen LogP contribution is 2.34. The van der Waals surface area contributed by atoms with Gasteiger partial charge in [0.2, 0.25) is 0 Å². The van der Waals surface area contributed by atoms with Gasteiger partial charge in [0.05, 0.1) is 11.0 Å². The Morgan fingerprint density at radius 1 is 0.760 bits per heavy atom. The van der Waals surface area contributed by atoms with E-state index in [1.165, 1.54) is 22.3 Å². The molecule has 0 saturated carbocycles. The highest BCUT2D eigenvalue weighted by molar-refractivity contribution is 6.11. The second kappa shape index (κ2) is 5.15. The number of hydrogen-bond donors (Lipinski definition) is 0. The van der Waals surface area contributed by atoms with Crippen LogP contribution in [0.25, 0.3) is 38.6 Å². The van der Waals surface area contributed by atoms with Crippen LogP contribution in [-0.4, -0.2) is 14.4 Å². The van der Waals surface area contributed by atoms with Crippen molar-refractivity contribution in [3.05, 3.63) is 78.2 Å². The first-order chi connectivity index (χ1) is 12.2. The molecule has 3 heterocycles. The molecule has 3 aromatic heterocycles. The summed E-state index contributed by atoms with van der Waals surface area (Å²) in [7, 11) is 0. The molecule has 3 nitrogen and oxygen atoms in total. The fourth-order valence-electron chi connectivity index (χ4n) is 3.75. The third kappa shape index (κ3) is 1.99. The Kier molecular flexibility index (Phi) is 2.92. The van der Waals surface area contributed by atoms with Gasteiger partial charge in [-0.1, -0.05) is 24.3 Å². The summed E-state index contributed by atoms with van der Waals surface area (Å²) in [4.78, 5) is 9.27. The average Bonchev–Trinajstić information content (AvgIpc) is 3.12. The van der Waals surface area contributed by atoms with Gasteiger partial charge in [-0.3, -0.25) is 9.38 Å². The number of aryl methyl sites for hydroxylation is 2. The van der Waals surface area contributed by atoms with E-state index < -0.39 is 0 Å². The van der Waals surface area contributed by atoms with E-state index in [0.29, 0.717) is 0 Å². The molecule has 0 aliphatic heterocycles. The Bertz CT molecular complexity index is 1260. The summed E-state index contributed by atoms with van der Waals surface area (Å²) in [6.45, 7) is 4.33. The molecule has 120 valence electrons. The van der Waals surface area contributed by atoms with E-state index >= 15 is 0 Å². The lowest BCUT2D eigenvalue weighted by Crippen LogP contribution is -1.94. The van der Waals surface area contributed by atoms with E-state index in [-0.39, 0.29) is 0 Å². The van der Waals surface area contributed by atoms with Crippen LogP contribution in [-0.2, 0) is 0 Å². The van der Waals surface area contributed by atoms with Gasteiger partial charge in [-0.2, -0.15) is 0 Å². The van der Waals surface area contributed by atoms with Gasteiger partial charge in [0.15, 0.2) is 0 Å². The van der Waals surface area contributed by atoms with Crippen LogP contribution < -0.4 is 0 Å². The summed E-state index contributed by atoms with van der Waals surface area (Å²) in [5.74, 6) is 0. The Morgan fingerprint density at radius 2 is 1.64 bits per heavy atom. The molecule has 5 aromatic rings. The summed E-state index contributed by atoms with van der Waals surface area (Å²) in [6, 6.07) is 17.1. The monoisotopic (exact) mass is 323 g/mol. The second-order valence-electron chi connectivity index (χ2n) is 6.52. The molecule has 2 aromatic carbocycles.